The van der Waals surface area contributed by atoms with Crippen LogP contribution in [0.5, 0.6) is 0 Å². The Morgan fingerprint density at radius 1 is 1.27 bits per heavy atom. The van der Waals surface area contributed by atoms with Crippen LogP contribution in [0.15, 0.2) is 18.2 Å². The van der Waals surface area contributed by atoms with E-state index >= 15 is 0 Å². The van der Waals surface area contributed by atoms with E-state index in [1.807, 2.05) is 13.8 Å². The molecule has 1 N–H and O–H groups in total. The summed E-state index contributed by atoms with van der Waals surface area (Å²) >= 11 is 12.0. The zero-order valence-corrected chi connectivity index (χ0v) is 10.6. The van der Waals surface area contributed by atoms with Gasteiger partial charge in [0, 0.05) is 15.6 Å². The maximum absolute atomic E-state index is 10.5. The van der Waals surface area contributed by atoms with Gasteiger partial charge in [0.15, 0.2) is 0 Å². The van der Waals surface area contributed by atoms with Crippen LogP contribution in [0.2, 0.25) is 10.0 Å². The predicted octanol–water partition coefficient (Wildman–Crippen LogP) is 4.39. The first-order chi connectivity index (χ1) is 7.03. The molecule has 0 aliphatic rings. The first-order valence-electron chi connectivity index (χ1n) is 5.21. The maximum Gasteiger partial charge on any atom is 0.0908 e. The maximum atomic E-state index is 10.5. The quantitative estimate of drug-likeness (QED) is 0.836. The highest BCUT2D eigenvalue weighted by molar-refractivity contribution is 6.33. The highest BCUT2D eigenvalue weighted by Crippen LogP contribution is 2.36. The van der Waals surface area contributed by atoms with Crippen molar-refractivity contribution in [3.05, 3.63) is 33.8 Å². The van der Waals surface area contributed by atoms with E-state index in [1.165, 1.54) is 0 Å². The van der Waals surface area contributed by atoms with Crippen LogP contribution in [-0.4, -0.2) is 5.11 Å². The summed E-state index contributed by atoms with van der Waals surface area (Å²) in [4.78, 5) is 0. The van der Waals surface area contributed by atoms with Crippen molar-refractivity contribution < 1.29 is 5.11 Å². The van der Waals surface area contributed by atoms with E-state index in [-0.39, 0.29) is 0 Å². The van der Waals surface area contributed by atoms with Crippen LogP contribution in [0.1, 0.15) is 38.7 Å². The molecule has 3 heteroatoms. The molecule has 0 radical (unpaired) electrons. The minimum atomic E-state index is -0.850. The summed E-state index contributed by atoms with van der Waals surface area (Å²) in [7, 11) is 0. The molecular weight excluding hydrogens is 231 g/mol. The van der Waals surface area contributed by atoms with E-state index < -0.39 is 5.60 Å². The zero-order valence-electron chi connectivity index (χ0n) is 9.06. The number of benzene rings is 1. The molecule has 1 unspecified atom stereocenters. The number of aliphatic hydroxyl groups is 1. The van der Waals surface area contributed by atoms with Gasteiger partial charge in [-0.2, -0.15) is 0 Å². The molecule has 0 aliphatic heterocycles. The molecule has 1 nitrogen and oxygen atoms in total. The van der Waals surface area contributed by atoms with Gasteiger partial charge in [0.1, 0.15) is 0 Å². The summed E-state index contributed by atoms with van der Waals surface area (Å²) in [5, 5.41) is 11.6. The largest absolute Gasteiger partial charge is 0.385 e. The lowest BCUT2D eigenvalue weighted by atomic mass is 9.87. The number of halogens is 2. The van der Waals surface area contributed by atoms with Gasteiger partial charge in [-0.25, -0.2) is 0 Å². The molecule has 0 aliphatic carbocycles. The molecule has 15 heavy (non-hydrogen) atoms. The summed E-state index contributed by atoms with van der Waals surface area (Å²) in [5.41, 5.74) is -0.113. The van der Waals surface area contributed by atoms with E-state index in [1.54, 1.807) is 18.2 Å². The molecule has 1 atom stereocenters. The van der Waals surface area contributed by atoms with Gasteiger partial charge in [-0.1, -0.05) is 43.5 Å². The van der Waals surface area contributed by atoms with Crippen molar-refractivity contribution in [1.82, 2.24) is 0 Å². The third kappa shape index (κ3) is 2.87. The fourth-order valence-corrected chi connectivity index (χ4v) is 2.24. The van der Waals surface area contributed by atoms with Crippen molar-refractivity contribution in [1.29, 1.82) is 0 Å². The van der Waals surface area contributed by atoms with Gasteiger partial charge in [0.05, 0.1) is 5.60 Å². The van der Waals surface area contributed by atoms with E-state index in [0.717, 1.165) is 12.0 Å². The Morgan fingerprint density at radius 2 is 1.93 bits per heavy atom. The second-order valence-electron chi connectivity index (χ2n) is 3.76. The van der Waals surface area contributed by atoms with Crippen LogP contribution in [0.25, 0.3) is 0 Å². The lowest BCUT2D eigenvalue weighted by molar-refractivity contribution is 0.0227. The highest BCUT2D eigenvalue weighted by atomic mass is 35.5. The van der Waals surface area contributed by atoms with Crippen molar-refractivity contribution in [3.8, 4) is 0 Å². The van der Waals surface area contributed by atoms with E-state index in [9.17, 15) is 5.11 Å². The third-order valence-electron chi connectivity index (χ3n) is 2.68. The second-order valence-corrected chi connectivity index (χ2v) is 4.60. The molecule has 0 saturated carbocycles. The van der Waals surface area contributed by atoms with Gasteiger partial charge in [0.25, 0.3) is 0 Å². The second kappa shape index (κ2) is 5.20. The van der Waals surface area contributed by atoms with Crippen LogP contribution in [0.4, 0.5) is 0 Å². The molecule has 0 heterocycles. The summed E-state index contributed by atoms with van der Waals surface area (Å²) in [5.74, 6) is 0. The molecule has 0 amide bonds. The third-order valence-corrected chi connectivity index (χ3v) is 3.24. The molecule has 0 spiro atoms. The molecule has 0 bridgehead atoms. The lowest BCUT2D eigenvalue weighted by Crippen LogP contribution is -2.24. The monoisotopic (exact) mass is 246 g/mol. The number of hydrogen-bond donors (Lipinski definition) is 1. The Bertz CT molecular complexity index is 338. The van der Waals surface area contributed by atoms with Gasteiger partial charge in [-0.15, -0.1) is 0 Å². The smallest absolute Gasteiger partial charge is 0.0908 e. The first kappa shape index (κ1) is 12.8. The van der Waals surface area contributed by atoms with Crippen molar-refractivity contribution >= 4 is 23.2 Å². The standard InChI is InChI=1S/C12H16Cl2O/c1-3-7-12(15,4-2)10-8-9(13)5-6-11(10)14/h5-6,8,15H,3-4,7H2,1-2H3. The summed E-state index contributed by atoms with van der Waals surface area (Å²) in [6.45, 7) is 3.99. The van der Waals surface area contributed by atoms with Crippen LogP contribution >= 0.6 is 23.2 Å². The van der Waals surface area contributed by atoms with Crippen LogP contribution in [-0.2, 0) is 5.60 Å². The summed E-state index contributed by atoms with van der Waals surface area (Å²) in [6, 6.07) is 5.22. The lowest BCUT2D eigenvalue weighted by Gasteiger charge is -2.28. The number of hydrogen-bond acceptors (Lipinski definition) is 1. The van der Waals surface area contributed by atoms with Gasteiger partial charge in [-0.05, 0) is 31.0 Å². The Labute approximate surface area is 101 Å². The van der Waals surface area contributed by atoms with Gasteiger partial charge < -0.3 is 5.11 Å². The van der Waals surface area contributed by atoms with Gasteiger partial charge >= 0.3 is 0 Å². The Morgan fingerprint density at radius 3 is 2.47 bits per heavy atom. The van der Waals surface area contributed by atoms with Crippen molar-refractivity contribution in [2.45, 2.75) is 38.7 Å². The number of rotatable bonds is 4. The average Bonchev–Trinajstić information content (AvgIpc) is 2.22. The first-order valence-corrected chi connectivity index (χ1v) is 5.97. The van der Waals surface area contributed by atoms with Gasteiger partial charge in [0.2, 0.25) is 0 Å². The molecule has 84 valence electrons. The molecule has 0 aromatic heterocycles. The molecule has 1 aromatic carbocycles. The normalized spacial score (nSPS) is 15.0. The van der Waals surface area contributed by atoms with Crippen molar-refractivity contribution in [2.75, 3.05) is 0 Å². The van der Waals surface area contributed by atoms with E-state index in [2.05, 4.69) is 0 Å². The SMILES string of the molecule is CCCC(O)(CC)c1cc(Cl)ccc1Cl. The summed E-state index contributed by atoms with van der Waals surface area (Å²) in [6.07, 6.45) is 2.25. The minimum Gasteiger partial charge on any atom is -0.385 e. The van der Waals surface area contributed by atoms with Crippen LogP contribution in [0, 0.1) is 0 Å². The van der Waals surface area contributed by atoms with Crippen LogP contribution in [0.3, 0.4) is 0 Å². The highest BCUT2D eigenvalue weighted by Gasteiger charge is 2.28. The molecule has 1 rings (SSSR count). The Hall–Kier alpha value is -0.240. The van der Waals surface area contributed by atoms with E-state index in [0.29, 0.717) is 22.9 Å². The summed E-state index contributed by atoms with van der Waals surface area (Å²) < 4.78 is 0. The van der Waals surface area contributed by atoms with Crippen molar-refractivity contribution in [3.63, 3.8) is 0 Å². The van der Waals surface area contributed by atoms with Gasteiger partial charge in [-0.3, -0.25) is 0 Å². The topological polar surface area (TPSA) is 20.2 Å². The average molecular weight is 247 g/mol. The van der Waals surface area contributed by atoms with Crippen molar-refractivity contribution in [2.24, 2.45) is 0 Å². The Kier molecular flexibility index (Phi) is 4.45. The Balaban J connectivity index is 3.16. The van der Waals surface area contributed by atoms with Crippen LogP contribution < -0.4 is 0 Å². The molecule has 0 fully saturated rings. The fraction of sp³-hybridized carbons (Fsp3) is 0.500. The predicted molar refractivity (Wildman–Crippen MR) is 65.6 cm³/mol. The van der Waals surface area contributed by atoms with E-state index in [4.69, 9.17) is 23.2 Å². The molecule has 0 saturated heterocycles. The molecule has 1 aromatic rings. The molecular formula is C12H16Cl2O. The zero-order chi connectivity index (χ0) is 11.5. The fourth-order valence-electron chi connectivity index (χ4n) is 1.77. The minimum absolute atomic E-state index is 0.581.